The van der Waals surface area contributed by atoms with E-state index >= 15 is 0 Å². The van der Waals surface area contributed by atoms with Crippen LogP contribution in [0.5, 0.6) is 0 Å². The number of hydrogen-bond acceptors (Lipinski definition) is 6. The molecule has 176 valence electrons. The van der Waals surface area contributed by atoms with Crippen LogP contribution in [0.2, 0.25) is 0 Å². The van der Waals surface area contributed by atoms with Crippen LogP contribution in [0.25, 0.3) is 0 Å². The van der Waals surface area contributed by atoms with Gasteiger partial charge >= 0.3 is 43.8 Å². The molecular formula is C7F16O6. The highest BCUT2D eigenvalue weighted by atomic mass is 19.4. The molecule has 29 heavy (non-hydrogen) atoms. The third kappa shape index (κ3) is 9.79. The van der Waals surface area contributed by atoms with Gasteiger partial charge in [0.05, 0.1) is 0 Å². The topological polar surface area (TPSA) is 55.4 Å². The van der Waals surface area contributed by atoms with Gasteiger partial charge in [-0.25, -0.2) is 18.9 Å². The Morgan fingerprint density at radius 3 is 0.897 bits per heavy atom. The van der Waals surface area contributed by atoms with Crippen molar-refractivity contribution in [2.24, 2.45) is 0 Å². The zero-order chi connectivity index (χ0) is 23.7. The Bertz CT molecular complexity index is 544. The van der Waals surface area contributed by atoms with Crippen LogP contribution >= 0.6 is 0 Å². The summed E-state index contributed by atoms with van der Waals surface area (Å²) in [6.07, 6.45) is -46.6. The zero-order valence-electron chi connectivity index (χ0n) is 12.0. The molecule has 0 aromatic carbocycles. The summed E-state index contributed by atoms with van der Waals surface area (Å²) in [5, 5.41) is 0. The highest BCUT2D eigenvalue weighted by molar-refractivity contribution is 4.66. The molecule has 0 atom stereocenters. The number of hydrogen-bond donors (Lipinski definition) is 0. The predicted molar refractivity (Wildman–Crippen MR) is 43.4 cm³/mol. The third-order valence-corrected chi connectivity index (χ3v) is 1.63. The van der Waals surface area contributed by atoms with Crippen LogP contribution in [0.15, 0.2) is 0 Å². The lowest BCUT2D eigenvalue weighted by Crippen LogP contribution is -2.51. The van der Waals surface area contributed by atoms with Crippen molar-refractivity contribution in [1.82, 2.24) is 0 Å². The molecule has 0 aromatic rings. The average Bonchev–Trinajstić information content (AvgIpc) is 2.28. The molecule has 0 aliphatic rings. The van der Waals surface area contributed by atoms with Crippen molar-refractivity contribution in [3.05, 3.63) is 0 Å². The highest BCUT2D eigenvalue weighted by Gasteiger charge is 2.68. The smallest absolute Gasteiger partial charge is 0.222 e. The quantitative estimate of drug-likeness (QED) is 0.308. The molecular weight excluding hydrogens is 484 g/mol. The fourth-order valence-corrected chi connectivity index (χ4v) is 0.887. The molecule has 0 saturated carbocycles. The lowest BCUT2D eigenvalue weighted by molar-refractivity contribution is -0.632. The van der Waals surface area contributed by atoms with E-state index in [0.717, 1.165) is 0 Å². The molecule has 0 rings (SSSR count). The maximum atomic E-state index is 12.7. The van der Waals surface area contributed by atoms with Gasteiger partial charge in [-0.15, -0.1) is 53.2 Å². The number of ether oxygens (including phenoxy) is 5. The normalized spacial score (nSPS) is 15.7. The van der Waals surface area contributed by atoms with Gasteiger partial charge in [-0.2, -0.15) is 22.3 Å². The van der Waals surface area contributed by atoms with Gasteiger partial charge in [0.15, 0.2) is 0 Å². The maximum Gasteiger partial charge on any atom is 0.529 e. The van der Waals surface area contributed by atoms with E-state index in [1.807, 2.05) is 0 Å². The summed E-state index contributed by atoms with van der Waals surface area (Å²) in [5.41, 5.74) is 0. The number of alkyl halides is 15. The summed E-state index contributed by atoms with van der Waals surface area (Å²) < 4.78 is 203. The third-order valence-electron chi connectivity index (χ3n) is 1.63. The van der Waals surface area contributed by atoms with Gasteiger partial charge in [0, 0.05) is 0 Å². The summed E-state index contributed by atoms with van der Waals surface area (Å²) in [6, 6.07) is 0. The van der Waals surface area contributed by atoms with Crippen LogP contribution in [0.4, 0.5) is 70.4 Å². The molecule has 0 saturated heterocycles. The van der Waals surface area contributed by atoms with Crippen molar-refractivity contribution in [2.45, 2.75) is 43.8 Å². The SMILES string of the molecule is FOC(F)(F)C(F)(F)OC(F)(F)OC(F)(F)OC(F)(F)OC(F)(F)OC(F)(F)F. The van der Waals surface area contributed by atoms with Gasteiger partial charge in [0.25, 0.3) is 0 Å². The van der Waals surface area contributed by atoms with Crippen molar-refractivity contribution < 1.29 is 99.0 Å². The second-order valence-corrected chi connectivity index (χ2v) is 3.92. The van der Waals surface area contributed by atoms with Gasteiger partial charge in [-0.3, -0.25) is 0 Å². The fourth-order valence-electron chi connectivity index (χ4n) is 0.887. The summed E-state index contributed by atoms with van der Waals surface area (Å²) in [6.45, 7) is 0. The molecule has 0 fully saturated rings. The Morgan fingerprint density at radius 2 is 0.621 bits per heavy atom. The van der Waals surface area contributed by atoms with E-state index in [1.54, 1.807) is 23.7 Å². The zero-order valence-corrected chi connectivity index (χ0v) is 12.0. The predicted octanol–water partition coefficient (Wildman–Crippen LogP) is 4.88. The summed E-state index contributed by atoms with van der Waals surface area (Å²) >= 11 is 0. The first kappa shape index (κ1) is 27.6. The molecule has 22 heteroatoms. The molecule has 0 aliphatic carbocycles. The minimum absolute atomic E-state index is 1.21. The van der Waals surface area contributed by atoms with Gasteiger partial charge in [0.2, 0.25) is 0 Å². The number of halogens is 16. The first-order valence-corrected chi connectivity index (χ1v) is 5.48. The van der Waals surface area contributed by atoms with Crippen LogP contribution in [0.3, 0.4) is 0 Å². The minimum atomic E-state index is -6.83. The van der Waals surface area contributed by atoms with Crippen molar-refractivity contribution in [3.8, 4) is 0 Å². The van der Waals surface area contributed by atoms with Crippen molar-refractivity contribution >= 4 is 0 Å². The van der Waals surface area contributed by atoms with Crippen molar-refractivity contribution in [3.63, 3.8) is 0 Å². The van der Waals surface area contributed by atoms with Crippen molar-refractivity contribution in [1.29, 1.82) is 0 Å². The van der Waals surface area contributed by atoms with Gasteiger partial charge in [0.1, 0.15) is 0 Å². The summed E-state index contributed by atoms with van der Waals surface area (Å²) in [4.78, 5) is 1.21. The van der Waals surface area contributed by atoms with Gasteiger partial charge in [-0.1, -0.05) is 0 Å². The van der Waals surface area contributed by atoms with Crippen LogP contribution in [-0.4, -0.2) is 43.8 Å². The van der Waals surface area contributed by atoms with Crippen LogP contribution in [0, 0.1) is 0 Å². The second kappa shape index (κ2) is 8.05. The molecule has 0 spiro atoms. The van der Waals surface area contributed by atoms with Crippen molar-refractivity contribution in [2.75, 3.05) is 0 Å². The Labute approximate surface area is 144 Å². The van der Waals surface area contributed by atoms with E-state index in [2.05, 4.69) is 0 Å². The highest BCUT2D eigenvalue weighted by Crippen LogP contribution is 2.44. The molecule has 0 aliphatic heterocycles. The minimum Gasteiger partial charge on any atom is -0.222 e. The standard InChI is InChI=1S/C7F16O6/c8-1(9,2(10,11)29-23)24-4(15,16)26-6(19,20)28-7(21,22)27-5(17,18)25-3(12,13)14. The molecule has 0 amide bonds. The molecule has 0 heterocycles. The van der Waals surface area contributed by atoms with E-state index < -0.39 is 43.8 Å². The Kier molecular flexibility index (Phi) is 7.67. The Balaban J connectivity index is 5.25. The first-order valence-electron chi connectivity index (χ1n) is 5.48. The lowest BCUT2D eigenvalue weighted by Gasteiger charge is -2.29. The van der Waals surface area contributed by atoms with E-state index in [9.17, 15) is 70.4 Å². The van der Waals surface area contributed by atoms with E-state index in [-0.39, 0.29) is 0 Å². The number of rotatable bonds is 11. The second-order valence-electron chi connectivity index (χ2n) is 3.92. The molecule has 0 radical (unpaired) electrons. The fraction of sp³-hybridized carbons (Fsp3) is 1.00. The molecule has 0 aromatic heterocycles. The lowest BCUT2D eigenvalue weighted by atomic mass is 10.6. The monoisotopic (exact) mass is 484 g/mol. The molecule has 0 bridgehead atoms. The van der Waals surface area contributed by atoms with Crippen LogP contribution < -0.4 is 0 Å². The Morgan fingerprint density at radius 1 is 0.345 bits per heavy atom. The summed E-state index contributed by atoms with van der Waals surface area (Å²) in [5.74, 6) is 0. The van der Waals surface area contributed by atoms with Crippen LogP contribution in [-0.2, 0) is 28.6 Å². The average molecular weight is 484 g/mol. The maximum absolute atomic E-state index is 12.7. The first-order chi connectivity index (χ1) is 12.3. The van der Waals surface area contributed by atoms with E-state index in [0.29, 0.717) is 0 Å². The van der Waals surface area contributed by atoms with E-state index in [1.165, 1.54) is 4.94 Å². The molecule has 0 unspecified atom stereocenters. The van der Waals surface area contributed by atoms with Crippen LogP contribution in [0.1, 0.15) is 0 Å². The Hall–Kier alpha value is -1.36. The largest absolute Gasteiger partial charge is 0.529 e. The van der Waals surface area contributed by atoms with Gasteiger partial charge in [-0.05, 0) is 4.53 Å². The molecule has 6 nitrogen and oxygen atoms in total. The van der Waals surface area contributed by atoms with Gasteiger partial charge < -0.3 is 0 Å². The van der Waals surface area contributed by atoms with E-state index in [4.69, 9.17) is 0 Å². The molecule has 0 N–H and O–H groups in total. The summed E-state index contributed by atoms with van der Waals surface area (Å²) in [7, 11) is 0.